The second-order valence-electron chi connectivity index (χ2n) is 4.56. The summed E-state index contributed by atoms with van der Waals surface area (Å²) in [4.78, 5) is 20.0. The average Bonchev–Trinajstić information content (AvgIpc) is 2.41. The SMILES string of the molecule is CC(C)NC(=O)c1cnc(Nc2ccc(Cl)cc2)nc1. The van der Waals surface area contributed by atoms with Gasteiger partial charge in [-0.05, 0) is 38.1 Å². The number of anilines is 2. The normalized spacial score (nSPS) is 10.4. The van der Waals surface area contributed by atoms with Crippen LogP contribution in [-0.2, 0) is 0 Å². The summed E-state index contributed by atoms with van der Waals surface area (Å²) in [5.41, 5.74) is 1.26. The molecule has 1 heterocycles. The van der Waals surface area contributed by atoms with Crippen LogP contribution in [-0.4, -0.2) is 21.9 Å². The molecule has 0 saturated heterocycles. The maximum Gasteiger partial charge on any atom is 0.254 e. The molecular weight excluding hydrogens is 276 g/mol. The van der Waals surface area contributed by atoms with Gasteiger partial charge in [-0.15, -0.1) is 0 Å². The number of nitrogens with one attached hydrogen (secondary N) is 2. The Labute approximate surface area is 122 Å². The van der Waals surface area contributed by atoms with Gasteiger partial charge in [0.05, 0.1) is 5.56 Å². The summed E-state index contributed by atoms with van der Waals surface area (Å²) in [6.07, 6.45) is 2.98. The van der Waals surface area contributed by atoms with E-state index in [-0.39, 0.29) is 11.9 Å². The molecule has 0 fully saturated rings. The van der Waals surface area contributed by atoms with E-state index in [1.165, 1.54) is 12.4 Å². The van der Waals surface area contributed by atoms with Gasteiger partial charge in [0, 0.05) is 29.1 Å². The molecule has 0 aliphatic rings. The number of aromatic nitrogens is 2. The molecule has 2 N–H and O–H groups in total. The summed E-state index contributed by atoms with van der Waals surface area (Å²) in [5, 5.41) is 6.47. The summed E-state index contributed by atoms with van der Waals surface area (Å²) in [7, 11) is 0. The minimum Gasteiger partial charge on any atom is -0.350 e. The second kappa shape index (κ2) is 6.34. The molecule has 0 saturated carbocycles. The number of benzene rings is 1. The fourth-order valence-corrected chi connectivity index (χ4v) is 1.64. The Balaban J connectivity index is 2.04. The number of rotatable bonds is 4. The van der Waals surface area contributed by atoms with Crippen molar-refractivity contribution in [2.75, 3.05) is 5.32 Å². The van der Waals surface area contributed by atoms with Gasteiger partial charge in [0.25, 0.3) is 5.91 Å². The van der Waals surface area contributed by atoms with Gasteiger partial charge in [-0.25, -0.2) is 9.97 Å². The predicted octanol–water partition coefficient (Wildman–Crippen LogP) is 3.01. The number of nitrogens with zero attached hydrogens (tertiary/aromatic N) is 2. The summed E-state index contributed by atoms with van der Waals surface area (Å²) in [6, 6.07) is 7.27. The highest BCUT2D eigenvalue weighted by Crippen LogP contribution is 2.16. The van der Waals surface area contributed by atoms with Crippen molar-refractivity contribution in [1.82, 2.24) is 15.3 Å². The topological polar surface area (TPSA) is 66.9 Å². The summed E-state index contributed by atoms with van der Waals surface area (Å²) in [6.45, 7) is 3.80. The third-order valence-corrected chi connectivity index (χ3v) is 2.69. The highest BCUT2D eigenvalue weighted by atomic mass is 35.5. The lowest BCUT2D eigenvalue weighted by molar-refractivity contribution is 0.0942. The molecule has 104 valence electrons. The summed E-state index contributed by atoms with van der Waals surface area (Å²) >= 11 is 5.81. The van der Waals surface area contributed by atoms with Gasteiger partial charge < -0.3 is 10.6 Å². The van der Waals surface area contributed by atoms with Gasteiger partial charge in [0.15, 0.2) is 0 Å². The van der Waals surface area contributed by atoms with Crippen molar-refractivity contribution in [1.29, 1.82) is 0 Å². The Morgan fingerprint density at radius 1 is 1.15 bits per heavy atom. The van der Waals surface area contributed by atoms with Gasteiger partial charge in [-0.3, -0.25) is 4.79 Å². The molecule has 0 bridgehead atoms. The molecular formula is C14H15ClN4O. The lowest BCUT2D eigenvalue weighted by Crippen LogP contribution is -2.30. The van der Waals surface area contributed by atoms with E-state index in [2.05, 4.69) is 20.6 Å². The van der Waals surface area contributed by atoms with Crippen LogP contribution in [0.5, 0.6) is 0 Å². The molecule has 1 aromatic heterocycles. The van der Waals surface area contributed by atoms with Gasteiger partial charge >= 0.3 is 0 Å². The van der Waals surface area contributed by atoms with Gasteiger partial charge in [0.1, 0.15) is 0 Å². The van der Waals surface area contributed by atoms with Crippen molar-refractivity contribution < 1.29 is 4.79 Å². The monoisotopic (exact) mass is 290 g/mol. The van der Waals surface area contributed by atoms with Crippen molar-refractivity contribution in [3.63, 3.8) is 0 Å². The number of halogens is 1. The highest BCUT2D eigenvalue weighted by molar-refractivity contribution is 6.30. The average molecular weight is 291 g/mol. The minimum atomic E-state index is -0.182. The van der Waals surface area contributed by atoms with E-state index in [4.69, 9.17) is 11.6 Å². The molecule has 1 amide bonds. The number of carbonyl (C=O) groups excluding carboxylic acids is 1. The fraction of sp³-hybridized carbons (Fsp3) is 0.214. The maximum atomic E-state index is 11.7. The number of carbonyl (C=O) groups is 1. The smallest absolute Gasteiger partial charge is 0.254 e. The van der Waals surface area contributed by atoms with Gasteiger partial charge in [0.2, 0.25) is 5.95 Å². The molecule has 2 aromatic rings. The van der Waals surface area contributed by atoms with E-state index >= 15 is 0 Å². The summed E-state index contributed by atoms with van der Waals surface area (Å²) in [5.74, 6) is 0.242. The number of hydrogen-bond donors (Lipinski definition) is 2. The Kier molecular flexibility index (Phi) is 4.53. The van der Waals surface area contributed by atoms with E-state index < -0.39 is 0 Å². The van der Waals surface area contributed by atoms with Crippen molar-refractivity contribution in [2.24, 2.45) is 0 Å². The van der Waals surface area contributed by atoms with Crippen LogP contribution in [0.2, 0.25) is 5.02 Å². The summed E-state index contributed by atoms with van der Waals surface area (Å²) < 4.78 is 0. The Morgan fingerprint density at radius 2 is 1.75 bits per heavy atom. The van der Waals surface area contributed by atoms with Crippen LogP contribution >= 0.6 is 11.6 Å². The largest absolute Gasteiger partial charge is 0.350 e. The minimum absolute atomic E-state index is 0.0781. The molecule has 0 aliphatic heterocycles. The first kappa shape index (κ1) is 14.3. The molecule has 0 atom stereocenters. The Hall–Kier alpha value is -2.14. The van der Waals surface area contributed by atoms with E-state index in [1.54, 1.807) is 12.1 Å². The fourth-order valence-electron chi connectivity index (χ4n) is 1.52. The van der Waals surface area contributed by atoms with Crippen LogP contribution in [0.4, 0.5) is 11.6 Å². The highest BCUT2D eigenvalue weighted by Gasteiger charge is 2.08. The standard InChI is InChI=1S/C14H15ClN4O/c1-9(2)18-13(20)10-7-16-14(17-8-10)19-12-5-3-11(15)4-6-12/h3-9H,1-2H3,(H,18,20)(H,16,17,19). The zero-order valence-electron chi connectivity index (χ0n) is 11.2. The molecule has 20 heavy (non-hydrogen) atoms. The van der Waals surface area contributed by atoms with Crippen molar-refractivity contribution >= 4 is 29.1 Å². The molecule has 0 spiro atoms. The quantitative estimate of drug-likeness (QED) is 0.908. The van der Waals surface area contributed by atoms with Crippen molar-refractivity contribution in [3.05, 3.63) is 47.2 Å². The Bertz CT molecular complexity index is 581. The third-order valence-electron chi connectivity index (χ3n) is 2.43. The first-order valence-corrected chi connectivity index (χ1v) is 6.58. The van der Waals surface area contributed by atoms with Gasteiger partial charge in [-0.1, -0.05) is 11.6 Å². The van der Waals surface area contributed by atoms with Crippen LogP contribution in [0, 0.1) is 0 Å². The van der Waals surface area contributed by atoms with E-state index in [0.29, 0.717) is 16.5 Å². The van der Waals surface area contributed by atoms with Crippen LogP contribution in [0.25, 0.3) is 0 Å². The second-order valence-corrected chi connectivity index (χ2v) is 4.99. The molecule has 0 aliphatic carbocycles. The van der Waals surface area contributed by atoms with Crippen LogP contribution < -0.4 is 10.6 Å². The van der Waals surface area contributed by atoms with Crippen LogP contribution in [0.15, 0.2) is 36.7 Å². The molecule has 6 heteroatoms. The van der Waals surface area contributed by atoms with Crippen molar-refractivity contribution in [3.8, 4) is 0 Å². The Morgan fingerprint density at radius 3 is 2.30 bits per heavy atom. The lowest BCUT2D eigenvalue weighted by atomic mass is 10.3. The zero-order chi connectivity index (χ0) is 14.5. The molecule has 0 radical (unpaired) electrons. The van der Waals surface area contributed by atoms with Crippen molar-refractivity contribution in [2.45, 2.75) is 19.9 Å². The molecule has 0 unspecified atom stereocenters. The number of amides is 1. The van der Waals surface area contributed by atoms with E-state index in [0.717, 1.165) is 5.69 Å². The first-order valence-electron chi connectivity index (χ1n) is 6.20. The lowest BCUT2D eigenvalue weighted by Gasteiger charge is -2.08. The molecule has 2 rings (SSSR count). The molecule has 1 aromatic carbocycles. The van der Waals surface area contributed by atoms with Crippen LogP contribution in [0.1, 0.15) is 24.2 Å². The van der Waals surface area contributed by atoms with E-state index in [9.17, 15) is 4.79 Å². The predicted molar refractivity (Wildman–Crippen MR) is 79.4 cm³/mol. The van der Waals surface area contributed by atoms with Crippen LogP contribution in [0.3, 0.4) is 0 Å². The number of hydrogen-bond acceptors (Lipinski definition) is 4. The first-order chi connectivity index (χ1) is 9.54. The third kappa shape index (κ3) is 3.93. The van der Waals surface area contributed by atoms with E-state index in [1.807, 2.05) is 26.0 Å². The maximum absolute atomic E-state index is 11.7. The van der Waals surface area contributed by atoms with Gasteiger partial charge in [-0.2, -0.15) is 0 Å². The zero-order valence-corrected chi connectivity index (χ0v) is 12.0. The molecule has 5 nitrogen and oxygen atoms in total.